The number of H-pyrrole nitrogens is 1. The van der Waals surface area contributed by atoms with E-state index in [1.54, 1.807) is 30.3 Å². The van der Waals surface area contributed by atoms with Crippen molar-refractivity contribution in [1.82, 2.24) is 4.98 Å². The largest absolute Gasteiger partial charge is 0.328 e. The highest BCUT2D eigenvalue weighted by Gasteiger charge is 2.07. The second-order valence-corrected chi connectivity index (χ2v) is 4.65. The Morgan fingerprint density at radius 3 is 2.05 bits per heavy atom. The first kappa shape index (κ1) is 13.2. The van der Waals surface area contributed by atoms with Gasteiger partial charge in [-0.2, -0.15) is 0 Å². The maximum atomic E-state index is 13.3. The van der Waals surface area contributed by atoms with E-state index in [0.29, 0.717) is 22.3 Å². The lowest BCUT2D eigenvalue weighted by Crippen LogP contribution is -2.08. The molecule has 0 unspecified atom stereocenters. The number of pyridine rings is 1. The lowest BCUT2D eigenvalue weighted by atomic mass is 10.0. The number of aromatic nitrogens is 1. The first-order valence-corrected chi connectivity index (χ1v) is 6.38. The van der Waals surface area contributed by atoms with Crippen LogP contribution in [0.2, 0.25) is 0 Å². The summed E-state index contributed by atoms with van der Waals surface area (Å²) in [5.41, 5.74) is 1.81. The molecule has 0 bridgehead atoms. The molecule has 1 heterocycles. The van der Waals surface area contributed by atoms with Crippen LogP contribution in [0, 0.1) is 11.6 Å². The average Bonchev–Trinajstić information content (AvgIpc) is 2.47. The Hall–Kier alpha value is -2.75. The molecule has 4 heteroatoms. The van der Waals surface area contributed by atoms with Crippen molar-refractivity contribution in [2.45, 2.75) is 0 Å². The van der Waals surface area contributed by atoms with Crippen LogP contribution in [0.4, 0.5) is 8.78 Å². The first-order valence-electron chi connectivity index (χ1n) is 6.38. The maximum absolute atomic E-state index is 13.3. The fraction of sp³-hybridized carbons (Fsp3) is 0. The SMILES string of the molecule is O=c1[nH]cc(-c2cccc(F)c2)cc1-c1cccc(F)c1. The van der Waals surface area contributed by atoms with Gasteiger partial charge in [0.2, 0.25) is 0 Å². The van der Waals surface area contributed by atoms with E-state index in [9.17, 15) is 13.6 Å². The van der Waals surface area contributed by atoms with Crippen LogP contribution in [0.5, 0.6) is 0 Å². The summed E-state index contributed by atoms with van der Waals surface area (Å²) < 4.78 is 26.6. The summed E-state index contributed by atoms with van der Waals surface area (Å²) >= 11 is 0. The van der Waals surface area contributed by atoms with Gasteiger partial charge in [-0.15, -0.1) is 0 Å². The molecule has 0 saturated heterocycles. The molecule has 1 aromatic heterocycles. The molecule has 0 saturated carbocycles. The number of halogens is 2. The third kappa shape index (κ3) is 2.74. The summed E-state index contributed by atoms with van der Waals surface area (Å²) in [7, 11) is 0. The summed E-state index contributed by atoms with van der Waals surface area (Å²) in [6.45, 7) is 0. The molecule has 0 radical (unpaired) electrons. The quantitative estimate of drug-likeness (QED) is 0.758. The van der Waals surface area contributed by atoms with E-state index in [0.717, 1.165) is 0 Å². The summed E-state index contributed by atoms with van der Waals surface area (Å²) in [6.07, 6.45) is 1.51. The van der Waals surface area contributed by atoms with Crippen molar-refractivity contribution in [3.05, 3.63) is 82.8 Å². The van der Waals surface area contributed by atoms with Crippen molar-refractivity contribution in [2.24, 2.45) is 0 Å². The van der Waals surface area contributed by atoms with Crippen LogP contribution < -0.4 is 5.56 Å². The zero-order valence-corrected chi connectivity index (χ0v) is 10.9. The van der Waals surface area contributed by atoms with Crippen LogP contribution >= 0.6 is 0 Å². The van der Waals surface area contributed by atoms with Gasteiger partial charge in [0.15, 0.2) is 0 Å². The molecule has 21 heavy (non-hydrogen) atoms. The molecule has 0 amide bonds. The van der Waals surface area contributed by atoms with E-state index >= 15 is 0 Å². The number of nitrogens with one attached hydrogen (secondary N) is 1. The van der Waals surface area contributed by atoms with Crippen LogP contribution in [0.1, 0.15) is 0 Å². The molecule has 3 rings (SSSR count). The Morgan fingerprint density at radius 2 is 1.38 bits per heavy atom. The van der Waals surface area contributed by atoms with Crippen LogP contribution in [-0.4, -0.2) is 4.98 Å². The molecule has 0 fully saturated rings. The fourth-order valence-corrected chi connectivity index (χ4v) is 2.19. The van der Waals surface area contributed by atoms with Gasteiger partial charge >= 0.3 is 0 Å². The smallest absolute Gasteiger partial charge is 0.255 e. The van der Waals surface area contributed by atoms with Crippen molar-refractivity contribution < 1.29 is 8.78 Å². The average molecular weight is 283 g/mol. The van der Waals surface area contributed by atoms with Crippen molar-refractivity contribution in [3.63, 3.8) is 0 Å². The van der Waals surface area contributed by atoms with Gasteiger partial charge in [-0.25, -0.2) is 8.78 Å². The summed E-state index contributed by atoms with van der Waals surface area (Å²) in [4.78, 5) is 14.5. The van der Waals surface area contributed by atoms with E-state index in [-0.39, 0.29) is 11.4 Å². The summed E-state index contributed by atoms with van der Waals surface area (Å²) in [5.74, 6) is -0.769. The van der Waals surface area contributed by atoms with E-state index < -0.39 is 5.82 Å². The predicted molar refractivity (Wildman–Crippen MR) is 77.9 cm³/mol. The van der Waals surface area contributed by atoms with Gasteiger partial charge < -0.3 is 4.98 Å². The van der Waals surface area contributed by atoms with Crippen LogP contribution in [-0.2, 0) is 0 Å². The second kappa shape index (κ2) is 5.32. The summed E-state index contributed by atoms with van der Waals surface area (Å²) in [5, 5.41) is 0. The van der Waals surface area contributed by atoms with Crippen molar-refractivity contribution in [1.29, 1.82) is 0 Å². The molecule has 3 aromatic rings. The number of benzene rings is 2. The predicted octanol–water partition coefficient (Wildman–Crippen LogP) is 3.99. The fourth-order valence-electron chi connectivity index (χ4n) is 2.19. The van der Waals surface area contributed by atoms with E-state index in [2.05, 4.69) is 4.98 Å². The number of rotatable bonds is 2. The van der Waals surface area contributed by atoms with Crippen LogP contribution in [0.15, 0.2) is 65.6 Å². The third-order valence-electron chi connectivity index (χ3n) is 3.20. The van der Waals surface area contributed by atoms with Crippen molar-refractivity contribution in [2.75, 3.05) is 0 Å². The lowest BCUT2D eigenvalue weighted by Gasteiger charge is -2.05. The van der Waals surface area contributed by atoms with E-state index in [1.807, 2.05) is 0 Å². The minimum atomic E-state index is -0.414. The molecule has 104 valence electrons. The normalized spacial score (nSPS) is 10.6. The Kier molecular flexibility index (Phi) is 3.36. The molecule has 2 nitrogen and oxygen atoms in total. The molecule has 0 aliphatic rings. The number of hydrogen-bond donors (Lipinski definition) is 1. The van der Waals surface area contributed by atoms with Gasteiger partial charge in [0.1, 0.15) is 11.6 Å². The van der Waals surface area contributed by atoms with Crippen LogP contribution in [0.3, 0.4) is 0 Å². The third-order valence-corrected chi connectivity index (χ3v) is 3.20. The van der Waals surface area contributed by atoms with E-state index in [4.69, 9.17) is 0 Å². The monoisotopic (exact) mass is 283 g/mol. The van der Waals surface area contributed by atoms with Crippen molar-refractivity contribution >= 4 is 0 Å². The van der Waals surface area contributed by atoms with Gasteiger partial charge in [-0.05, 0) is 47.0 Å². The van der Waals surface area contributed by atoms with Gasteiger partial charge in [0.25, 0.3) is 5.56 Å². The second-order valence-electron chi connectivity index (χ2n) is 4.65. The molecule has 0 aliphatic heterocycles. The lowest BCUT2D eigenvalue weighted by molar-refractivity contribution is 0.628. The molecular formula is C17H11F2NO. The standard InChI is InChI=1S/C17H11F2NO/c18-14-5-1-3-11(7-14)13-9-16(17(21)20-10-13)12-4-2-6-15(19)8-12/h1-10H,(H,20,21). The molecule has 2 aromatic carbocycles. The van der Waals surface area contributed by atoms with Gasteiger partial charge in [-0.1, -0.05) is 24.3 Å². The number of aromatic amines is 1. The highest BCUT2D eigenvalue weighted by Crippen LogP contribution is 2.23. The van der Waals surface area contributed by atoms with Crippen LogP contribution in [0.25, 0.3) is 22.3 Å². The van der Waals surface area contributed by atoms with E-state index in [1.165, 1.54) is 30.5 Å². The minimum Gasteiger partial charge on any atom is -0.328 e. The number of hydrogen-bond acceptors (Lipinski definition) is 1. The Morgan fingerprint density at radius 1 is 0.762 bits per heavy atom. The van der Waals surface area contributed by atoms with Gasteiger partial charge in [0.05, 0.1) is 0 Å². The molecule has 0 spiro atoms. The first-order chi connectivity index (χ1) is 10.1. The molecule has 1 N–H and O–H groups in total. The topological polar surface area (TPSA) is 32.9 Å². The highest BCUT2D eigenvalue weighted by molar-refractivity contribution is 5.71. The minimum absolute atomic E-state index is 0.319. The Bertz CT molecular complexity index is 855. The maximum Gasteiger partial charge on any atom is 0.255 e. The van der Waals surface area contributed by atoms with Crippen molar-refractivity contribution in [3.8, 4) is 22.3 Å². The Labute approximate surface area is 119 Å². The molecule has 0 atom stereocenters. The van der Waals surface area contributed by atoms with Gasteiger partial charge in [-0.3, -0.25) is 4.79 Å². The summed E-state index contributed by atoms with van der Waals surface area (Å²) in [6, 6.07) is 13.5. The molecule has 0 aliphatic carbocycles. The zero-order valence-electron chi connectivity index (χ0n) is 10.9. The molecular weight excluding hydrogens is 272 g/mol. The zero-order chi connectivity index (χ0) is 14.8. The Balaban J connectivity index is 2.15. The van der Waals surface area contributed by atoms with Gasteiger partial charge in [0, 0.05) is 11.8 Å². The highest BCUT2D eigenvalue weighted by atomic mass is 19.1.